The Kier molecular flexibility index (Phi) is 4.91. The zero-order valence-electron chi connectivity index (χ0n) is 12.1. The van der Waals surface area contributed by atoms with E-state index < -0.39 is 11.6 Å². The lowest BCUT2D eigenvalue weighted by molar-refractivity contribution is -0.134. The predicted molar refractivity (Wildman–Crippen MR) is 71.4 cm³/mol. The molecule has 1 unspecified atom stereocenters. The van der Waals surface area contributed by atoms with Crippen molar-refractivity contribution in [3.05, 3.63) is 0 Å². The maximum atomic E-state index is 12.3. The maximum Gasteiger partial charge on any atom is 0.325 e. The lowest BCUT2D eigenvalue weighted by Crippen LogP contribution is -2.45. The van der Waals surface area contributed by atoms with Gasteiger partial charge in [-0.1, -0.05) is 13.8 Å². The Hall–Kier alpha value is -1.59. The van der Waals surface area contributed by atoms with E-state index in [1.165, 1.54) is 0 Å². The van der Waals surface area contributed by atoms with Crippen LogP contribution in [0, 0.1) is 5.92 Å². The summed E-state index contributed by atoms with van der Waals surface area (Å²) in [7, 11) is 0. The van der Waals surface area contributed by atoms with Crippen LogP contribution in [0.25, 0.3) is 0 Å². The van der Waals surface area contributed by atoms with E-state index in [9.17, 15) is 14.4 Å². The fourth-order valence-corrected chi connectivity index (χ4v) is 2.03. The molecule has 0 aromatic carbocycles. The first-order valence-corrected chi connectivity index (χ1v) is 6.71. The molecule has 0 radical (unpaired) electrons. The van der Waals surface area contributed by atoms with Gasteiger partial charge in [0.1, 0.15) is 12.1 Å². The molecule has 0 aromatic heterocycles. The Morgan fingerprint density at radius 2 is 2.05 bits per heavy atom. The maximum absolute atomic E-state index is 12.3. The van der Waals surface area contributed by atoms with Gasteiger partial charge in [-0.15, -0.1) is 0 Å². The average molecular weight is 269 g/mol. The number of nitrogens with zero attached hydrogens (tertiary/aromatic N) is 1. The SMILES string of the molecule is CCNC(=O)CN1C(=O)NC(C)(CCC(C)C)C1=O. The Labute approximate surface area is 113 Å². The van der Waals surface area contributed by atoms with Crippen molar-refractivity contribution in [3.8, 4) is 0 Å². The number of hydrogen-bond donors (Lipinski definition) is 2. The van der Waals surface area contributed by atoms with Crippen molar-refractivity contribution in [1.82, 2.24) is 15.5 Å². The van der Waals surface area contributed by atoms with Crippen molar-refractivity contribution < 1.29 is 14.4 Å². The van der Waals surface area contributed by atoms with E-state index in [1.54, 1.807) is 13.8 Å². The fourth-order valence-electron chi connectivity index (χ4n) is 2.03. The van der Waals surface area contributed by atoms with Gasteiger partial charge in [0.2, 0.25) is 5.91 Å². The Bertz CT molecular complexity index is 381. The predicted octanol–water partition coefficient (Wildman–Crippen LogP) is 0.869. The molecular formula is C13H23N3O3. The normalized spacial score (nSPS) is 22.9. The zero-order chi connectivity index (χ0) is 14.6. The first-order valence-electron chi connectivity index (χ1n) is 6.71. The van der Waals surface area contributed by atoms with Gasteiger partial charge in [-0.05, 0) is 32.6 Å². The van der Waals surface area contributed by atoms with Crippen LogP contribution in [0.3, 0.4) is 0 Å². The first-order chi connectivity index (χ1) is 8.80. The second-order valence-electron chi connectivity index (χ2n) is 5.54. The number of rotatable bonds is 6. The molecule has 1 aliphatic rings. The Balaban J connectivity index is 2.69. The topological polar surface area (TPSA) is 78.5 Å². The van der Waals surface area contributed by atoms with Crippen molar-refractivity contribution in [2.75, 3.05) is 13.1 Å². The molecular weight excluding hydrogens is 246 g/mol. The van der Waals surface area contributed by atoms with Crippen LogP contribution in [0.5, 0.6) is 0 Å². The molecule has 0 aromatic rings. The van der Waals surface area contributed by atoms with Crippen molar-refractivity contribution in [3.63, 3.8) is 0 Å². The van der Waals surface area contributed by atoms with Gasteiger partial charge in [0, 0.05) is 6.54 Å². The minimum Gasteiger partial charge on any atom is -0.355 e. The first kappa shape index (κ1) is 15.5. The summed E-state index contributed by atoms with van der Waals surface area (Å²) in [5.41, 5.74) is -0.881. The van der Waals surface area contributed by atoms with Gasteiger partial charge in [-0.2, -0.15) is 0 Å². The molecule has 1 rings (SSSR count). The lowest BCUT2D eigenvalue weighted by Gasteiger charge is -2.22. The van der Waals surface area contributed by atoms with Crippen LogP contribution in [0.4, 0.5) is 4.79 Å². The molecule has 1 fully saturated rings. The van der Waals surface area contributed by atoms with Gasteiger partial charge in [-0.25, -0.2) is 4.79 Å². The zero-order valence-corrected chi connectivity index (χ0v) is 12.1. The van der Waals surface area contributed by atoms with Crippen LogP contribution in [0.1, 0.15) is 40.5 Å². The van der Waals surface area contributed by atoms with E-state index in [4.69, 9.17) is 0 Å². The molecule has 6 heteroatoms. The van der Waals surface area contributed by atoms with Crippen LogP contribution in [0.2, 0.25) is 0 Å². The molecule has 19 heavy (non-hydrogen) atoms. The number of carbonyl (C=O) groups is 3. The second-order valence-corrected chi connectivity index (χ2v) is 5.54. The van der Waals surface area contributed by atoms with Crippen LogP contribution >= 0.6 is 0 Å². The summed E-state index contributed by atoms with van der Waals surface area (Å²) >= 11 is 0. The number of carbonyl (C=O) groups excluding carboxylic acids is 3. The molecule has 0 bridgehead atoms. The molecule has 1 atom stereocenters. The number of hydrogen-bond acceptors (Lipinski definition) is 3. The lowest BCUT2D eigenvalue weighted by atomic mass is 9.92. The quantitative estimate of drug-likeness (QED) is 0.702. The van der Waals surface area contributed by atoms with Crippen LogP contribution in [0.15, 0.2) is 0 Å². The highest BCUT2D eigenvalue weighted by Crippen LogP contribution is 2.24. The summed E-state index contributed by atoms with van der Waals surface area (Å²) in [6, 6.07) is -0.484. The van der Waals surface area contributed by atoms with Crippen LogP contribution < -0.4 is 10.6 Å². The average Bonchev–Trinajstić information content (AvgIpc) is 2.52. The summed E-state index contributed by atoms with van der Waals surface area (Å²) in [6.45, 7) is 7.90. The monoisotopic (exact) mass is 269 g/mol. The second kappa shape index (κ2) is 6.04. The van der Waals surface area contributed by atoms with Gasteiger partial charge in [0.15, 0.2) is 0 Å². The summed E-state index contributed by atoms with van der Waals surface area (Å²) in [4.78, 5) is 36.5. The molecule has 1 aliphatic heterocycles. The fraction of sp³-hybridized carbons (Fsp3) is 0.769. The van der Waals surface area contributed by atoms with Crippen molar-refractivity contribution in [2.24, 2.45) is 5.92 Å². The summed E-state index contributed by atoms with van der Waals surface area (Å²) in [5.74, 6) is -0.178. The number of likely N-dealkylation sites (N-methyl/N-ethyl adjacent to an activating group) is 1. The molecule has 108 valence electrons. The van der Waals surface area contributed by atoms with Gasteiger partial charge >= 0.3 is 6.03 Å². The van der Waals surface area contributed by atoms with Crippen molar-refractivity contribution >= 4 is 17.8 Å². The largest absolute Gasteiger partial charge is 0.355 e. The highest BCUT2D eigenvalue weighted by atomic mass is 16.2. The van der Waals surface area contributed by atoms with E-state index in [0.29, 0.717) is 18.9 Å². The Morgan fingerprint density at radius 3 is 2.58 bits per heavy atom. The third kappa shape index (κ3) is 3.68. The van der Waals surface area contributed by atoms with Crippen LogP contribution in [-0.4, -0.2) is 41.4 Å². The number of amides is 4. The van der Waals surface area contributed by atoms with E-state index >= 15 is 0 Å². The highest BCUT2D eigenvalue weighted by Gasteiger charge is 2.47. The molecule has 2 N–H and O–H groups in total. The molecule has 1 heterocycles. The molecule has 4 amide bonds. The molecule has 1 saturated heterocycles. The molecule has 0 aliphatic carbocycles. The van der Waals surface area contributed by atoms with Crippen molar-refractivity contribution in [1.29, 1.82) is 0 Å². The highest BCUT2D eigenvalue weighted by molar-refractivity contribution is 6.08. The number of nitrogens with one attached hydrogen (secondary N) is 2. The van der Waals surface area contributed by atoms with Gasteiger partial charge in [-0.3, -0.25) is 14.5 Å². The van der Waals surface area contributed by atoms with Crippen LogP contribution in [-0.2, 0) is 9.59 Å². The number of imide groups is 1. The summed E-state index contributed by atoms with van der Waals surface area (Å²) < 4.78 is 0. The van der Waals surface area contributed by atoms with E-state index in [1.807, 2.05) is 0 Å². The molecule has 6 nitrogen and oxygen atoms in total. The summed E-state index contributed by atoms with van der Waals surface area (Å²) in [6.07, 6.45) is 1.43. The van der Waals surface area contributed by atoms with Crippen molar-refractivity contribution in [2.45, 2.75) is 46.1 Å². The third-order valence-electron chi connectivity index (χ3n) is 3.24. The smallest absolute Gasteiger partial charge is 0.325 e. The Morgan fingerprint density at radius 1 is 1.42 bits per heavy atom. The minimum atomic E-state index is -0.881. The third-order valence-corrected chi connectivity index (χ3v) is 3.24. The van der Waals surface area contributed by atoms with Gasteiger partial charge in [0.05, 0.1) is 0 Å². The van der Waals surface area contributed by atoms with Gasteiger partial charge < -0.3 is 10.6 Å². The summed E-state index contributed by atoms with van der Waals surface area (Å²) in [5, 5.41) is 5.27. The minimum absolute atomic E-state index is 0.213. The molecule has 0 spiro atoms. The van der Waals surface area contributed by atoms with E-state index in [2.05, 4.69) is 24.5 Å². The van der Waals surface area contributed by atoms with E-state index in [-0.39, 0.29) is 18.4 Å². The number of urea groups is 1. The van der Waals surface area contributed by atoms with E-state index in [0.717, 1.165) is 11.3 Å². The standard InChI is InChI=1S/C13H23N3O3/c1-5-14-10(17)8-16-11(18)13(4,15-12(16)19)7-6-9(2)3/h9H,5-8H2,1-4H3,(H,14,17)(H,15,19). The molecule has 0 saturated carbocycles. The van der Waals surface area contributed by atoms with Gasteiger partial charge in [0.25, 0.3) is 5.91 Å².